The van der Waals surface area contributed by atoms with E-state index >= 15 is 0 Å². The van der Waals surface area contributed by atoms with Crippen molar-refractivity contribution >= 4 is 5.91 Å². The Morgan fingerprint density at radius 3 is 2.09 bits per heavy atom. The minimum absolute atomic E-state index is 0.0442. The number of nitrogens with zero attached hydrogens (tertiary/aromatic N) is 1. The number of hydrogen-bond donors (Lipinski definition) is 4. The maximum absolute atomic E-state index is 13.8. The summed E-state index contributed by atoms with van der Waals surface area (Å²) in [7, 11) is 0. The lowest BCUT2D eigenvalue weighted by atomic mass is 9.37. The number of nitrogens with two attached hydrogens (primary N) is 4. The van der Waals surface area contributed by atoms with Crippen LogP contribution in [0.25, 0.3) is 0 Å². The van der Waals surface area contributed by atoms with Crippen molar-refractivity contribution in [3.05, 3.63) is 0 Å². The quantitative estimate of drug-likeness (QED) is 0.0697. The molecule has 316 valence electrons. The van der Waals surface area contributed by atoms with Crippen molar-refractivity contribution in [2.24, 2.45) is 63.4 Å². The second-order valence-electron chi connectivity index (χ2n) is 19.1. The van der Waals surface area contributed by atoms with Gasteiger partial charge in [-0.3, -0.25) is 4.79 Å². The highest BCUT2D eigenvalue weighted by Crippen LogP contribution is 2.72. The van der Waals surface area contributed by atoms with Gasteiger partial charge >= 0.3 is 0 Å². The highest BCUT2D eigenvalue weighted by atomic mass is 16.5. The molecule has 11 atom stereocenters. The lowest BCUT2D eigenvalue weighted by Crippen LogP contribution is -2.78. The zero-order chi connectivity index (χ0) is 39.4. The highest BCUT2D eigenvalue weighted by Gasteiger charge is 2.74. The Hall–Kier alpha value is -0.810. The molecule has 4 aliphatic carbocycles. The summed E-state index contributed by atoms with van der Waals surface area (Å²) in [6.07, 6.45) is 19.7. The third kappa shape index (κ3) is 10.1. The Labute approximate surface area is 331 Å². The van der Waals surface area contributed by atoms with E-state index in [1.54, 1.807) is 0 Å². The van der Waals surface area contributed by atoms with Crippen LogP contribution >= 0.6 is 0 Å². The molecule has 0 aromatic rings. The van der Waals surface area contributed by atoms with E-state index < -0.39 is 5.54 Å². The van der Waals surface area contributed by atoms with Crippen LogP contribution in [0.4, 0.5) is 0 Å². The van der Waals surface area contributed by atoms with Crippen molar-refractivity contribution in [1.29, 1.82) is 0 Å². The molecular formula is C45H87N5O4. The second kappa shape index (κ2) is 21.3. The lowest BCUT2D eigenvalue weighted by molar-refractivity contribution is -0.266. The number of carbonyl (C=O) groups excluding carboxylic acids is 1. The number of rotatable bonds is 25. The Kier molecular flexibility index (Phi) is 18.1. The standard InChI is InChI=1S/C45H87N5O4/c1-7-9-12-26-50(27-13-10-8-2)40(51)20-17-34(3)37-18-19-38-41-43(5,54-30-16-25-48)32-35-31-36(52-29-15-24-47)21-22-42(35,4)45(41,49)33-39(44(37,38)6)53-28-14-11-23-46/h34-39,41H,7-33,46-49H2,1-6H3/t34-,35?,36-,37?,38+,39+,41?,42-,43+,44?,45-/m1/s1. The molecule has 0 aromatic carbocycles. The molecule has 0 aromatic heterocycles. The number of hydrogen-bond acceptors (Lipinski definition) is 8. The zero-order valence-corrected chi connectivity index (χ0v) is 36.0. The summed E-state index contributed by atoms with van der Waals surface area (Å²) in [5.74, 6) is 2.20. The van der Waals surface area contributed by atoms with Crippen molar-refractivity contribution in [3.63, 3.8) is 0 Å². The molecule has 0 saturated heterocycles. The van der Waals surface area contributed by atoms with E-state index in [0.717, 1.165) is 116 Å². The Morgan fingerprint density at radius 2 is 1.44 bits per heavy atom. The molecule has 4 unspecified atom stereocenters. The fraction of sp³-hybridized carbons (Fsp3) is 0.978. The van der Waals surface area contributed by atoms with Gasteiger partial charge in [-0.15, -0.1) is 0 Å². The Balaban J connectivity index is 1.64. The molecule has 4 rings (SSSR count). The molecule has 54 heavy (non-hydrogen) atoms. The molecule has 9 nitrogen and oxygen atoms in total. The molecule has 0 spiro atoms. The van der Waals surface area contributed by atoms with Gasteiger partial charge in [0.15, 0.2) is 0 Å². The van der Waals surface area contributed by atoms with Gasteiger partial charge in [-0.1, -0.05) is 60.3 Å². The third-order valence-electron chi connectivity index (χ3n) is 15.7. The Morgan fingerprint density at radius 1 is 0.796 bits per heavy atom. The molecule has 4 fully saturated rings. The topological polar surface area (TPSA) is 152 Å². The van der Waals surface area contributed by atoms with Crippen LogP contribution in [0.1, 0.15) is 164 Å². The number of ether oxygens (including phenoxy) is 3. The van der Waals surface area contributed by atoms with Crippen LogP contribution in [-0.2, 0) is 19.0 Å². The van der Waals surface area contributed by atoms with Gasteiger partial charge in [-0.25, -0.2) is 0 Å². The largest absolute Gasteiger partial charge is 0.378 e. The Bertz CT molecular complexity index is 1100. The van der Waals surface area contributed by atoms with Crippen molar-refractivity contribution in [1.82, 2.24) is 4.90 Å². The van der Waals surface area contributed by atoms with Crippen LogP contribution in [0.2, 0.25) is 0 Å². The number of fused-ring (bicyclic) bond motifs is 5. The monoisotopic (exact) mass is 762 g/mol. The highest BCUT2D eigenvalue weighted by molar-refractivity contribution is 5.76. The molecule has 0 aliphatic heterocycles. The molecule has 9 heteroatoms. The van der Waals surface area contributed by atoms with Crippen LogP contribution < -0.4 is 22.9 Å². The predicted molar refractivity (Wildman–Crippen MR) is 223 cm³/mol. The number of carbonyl (C=O) groups is 1. The van der Waals surface area contributed by atoms with E-state index in [2.05, 4.69) is 46.4 Å². The molecule has 4 saturated carbocycles. The average molecular weight is 762 g/mol. The van der Waals surface area contributed by atoms with E-state index in [1.165, 1.54) is 25.7 Å². The van der Waals surface area contributed by atoms with Crippen LogP contribution in [0, 0.1) is 40.4 Å². The molecular weight excluding hydrogens is 675 g/mol. The van der Waals surface area contributed by atoms with Gasteiger partial charge in [0.2, 0.25) is 5.91 Å². The molecule has 0 radical (unpaired) electrons. The number of amides is 1. The van der Waals surface area contributed by atoms with Gasteiger partial charge in [-0.05, 0) is 146 Å². The fourth-order valence-corrected chi connectivity index (χ4v) is 12.5. The van der Waals surface area contributed by atoms with Crippen LogP contribution in [0.3, 0.4) is 0 Å². The smallest absolute Gasteiger partial charge is 0.222 e. The summed E-state index contributed by atoms with van der Waals surface area (Å²) in [5, 5.41) is 0. The third-order valence-corrected chi connectivity index (χ3v) is 15.7. The first kappa shape index (κ1) is 45.9. The van der Waals surface area contributed by atoms with Gasteiger partial charge in [0.1, 0.15) is 0 Å². The first-order valence-electron chi connectivity index (χ1n) is 22.9. The maximum Gasteiger partial charge on any atom is 0.222 e. The second-order valence-corrected chi connectivity index (χ2v) is 19.1. The van der Waals surface area contributed by atoms with Crippen molar-refractivity contribution in [3.8, 4) is 0 Å². The molecule has 0 heterocycles. The minimum Gasteiger partial charge on any atom is -0.378 e. The summed E-state index contributed by atoms with van der Waals surface area (Å²) in [6.45, 7) is 20.3. The summed E-state index contributed by atoms with van der Waals surface area (Å²) < 4.78 is 20.7. The summed E-state index contributed by atoms with van der Waals surface area (Å²) in [4.78, 5) is 16.0. The summed E-state index contributed by atoms with van der Waals surface area (Å²) in [5.41, 5.74) is 25.1. The van der Waals surface area contributed by atoms with Gasteiger partial charge in [0, 0.05) is 56.2 Å². The molecule has 0 bridgehead atoms. The van der Waals surface area contributed by atoms with E-state index in [-0.39, 0.29) is 34.6 Å². The predicted octanol–water partition coefficient (Wildman–Crippen LogP) is 7.55. The first-order valence-corrected chi connectivity index (χ1v) is 22.9. The van der Waals surface area contributed by atoms with Gasteiger partial charge in [0.25, 0.3) is 0 Å². The normalized spacial score (nSPS) is 36.7. The lowest BCUT2D eigenvalue weighted by Gasteiger charge is -2.72. The van der Waals surface area contributed by atoms with Crippen molar-refractivity contribution in [2.75, 3.05) is 52.5 Å². The minimum atomic E-state index is -0.441. The van der Waals surface area contributed by atoms with E-state index in [0.29, 0.717) is 62.2 Å². The average Bonchev–Trinajstić information content (AvgIpc) is 3.50. The SMILES string of the molecule is CCCCCN(CCCCC)C(=O)CC[C@@H](C)C1CC[C@H]2C3[C@](N)(C[C@H](OCCCCN)C12C)[C@]1(C)CC[C@@H](OCCCN)CC1C[C@]3(C)OCCCN. The van der Waals surface area contributed by atoms with Crippen LogP contribution in [0.15, 0.2) is 0 Å². The van der Waals surface area contributed by atoms with E-state index in [4.69, 9.17) is 37.1 Å². The van der Waals surface area contributed by atoms with Crippen LogP contribution in [0.5, 0.6) is 0 Å². The van der Waals surface area contributed by atoms with Crippen LogP contribution in [-0.4, -0.2) is 86.7 Å². The molecule has 4 aliphatic rings. The molecule has 1 amide bonds. The maximum atomic E-state index is 13.8. The van der Waals surface area contributed by atoms with Gasteiger partial charge < -0.3 is 42.0 Å². The van der Waals surface area contributed by atoms with Crippen molar-refractivity contribution < 1.29 is 19.0 Å². The number of unbranched alkanes of at least 4 members (excludes halogenated alkanes) is 5. The summed E-state index contributed by atoms with van der Waals surface area (Å²) in [6, 6.07) is 0. The van der Waals surface area contributed by atoms with Crippen molar-refractivity contribution in [2.45, 2.75) is 187 Å². The first-order chi connectivity index (χ1) is 25.9. The fourth-order valence-electron chi connectivity index (χ4n) is 12.5. The summed E-state index contributed by atoms with van der Waals surface area (Å²) >= 11 is 0. The zero-order valence-electron chi connectivity index (χ0n) is 36.0. The molecule has 8 N–H and O–H groups in total. The van der Waals surface area contributed by atoms with E-state index in [1.807, 2.05) is 0 Å². The van der Waals surface area contributed by atoms with E-state index in [9.17, 15) is 4.79 Å². The van der Waals surface area contributed by atoms with Gasteiger partial charge in [-0.2, -0.15) is 0 Å². The van der Waals surface area contributed by atoms with Gasteiger partial charge in [0.05, 0.1) is 17.8 Å².